The molecule has 2 aromatic rings. The van der Waals surface area contributed by atoms with E-state index in [0.717, 1.165) is 24.3 Å². The van der Waals surface area contributed by atoms with Crippen LogP contribution in [0.1, 0.15) is 34.3 Å². The minimum atomic E-state index is -4.50. The molecule has 26 heavy (non-hydrogen) atoms. The van der Waals surface area contributed by atoms with E-state index in [1.54, 1.807) is 14.1 Å². The molecule has 2 atom stereocenters. The van der Waals surface area contributed by atoms with Crippen LogP contribution in [-0.2, 0) is 12.4 Å². The SMILES string of the molecule is CN[C@H](c1cccc(C(F)(F)F)c1)[C@@H](NC)c1cccc(C(F)(F)F)c1. The van der Waals surface area contributed by atoms with Gasteiger partial charge in [-0.1, -0.05) is 24.3 Å². The lowest BCUT2D eigenvalue weighted by Gasteiger charge is -2.28. The summed E-state index contributed by atoms with van der Waals surface area (Å²) in [5.74, 6) is 0. The van der Waals surface area contributed by atoms with E-state index < -0.39 is 35.6 Å². The number of likely N-dealkylation sites (N-methyl/N-ethyl adjacent to an activating group) is 2. The molecule has 0 bridgehead atoms. The Bertz CT molecular complexity index is 675. The molecule has 142 valence electrons. The number of hydrogen-bond acceptors (Lipinski definition) is 2. The fourth-order valence-electron chi connectivity index (χ4n) is 2.87. The van der Waals surface area contributed by atoms with Gasteiger partial charge in [-0.05, 0) is 49.5 Å². The Balaban J connectivity index is 2.45. The molecule has 0 aliphatic heterocycles. The molecule has 2 nitrogen and oxygen atoms in total. The molecule has 0 amide bonds. The van der Waals surface area contributed by atoms with Crippen molar-refractivity contribution in [2.24, 2.45) is 0 Å². The van der Waals surface area contributed by atoms with Gasteiger partial charge in [-0.15, -0.1) is 0 Å². The molecule has 0 aliphatic carbocycles. The van der Waals surface area contributed by atoms with Crippen LogP contribution in [0, 0.1) is 0 Å². The van der Waals surface area contributed by atoms with Gasteiger partial charge in [0.25, 0.3) is 0 Å². The summed E-state index contributed by atoms with van der Waals surface area (Å²) in [6.07, 6.45) is -9.00. The molecule has 0 aliphatic rings. The average Bonchev–Trinajstić information content (AvgIpc) is 2.58. The van der Waals surface area contributed by atoms with Gasteiger partial charge in [0.1, 0.15) is 0 Å². The third kappa shape index (κ3) is 4.56. The zero-order valence-electron chi connectivity index (χ0n) is 14.0. The van der Waals surface area contributed by atoms with Gasteiger partial charge in [0.15, 0.2) is 0 Å². The van der Waals surface area contributed by atoms with E-state index in [-0.39, 0.29) is 0 Å². The first-order valence-electron chi connectivity index (χ1n) is 7.76. The quantitative estimate of drug-likeness (QED) is 0.722. The molecule has 0 saturated heterocycles. The van der Waals surface area contributed by atoms with Crippen molar-refractivity contribution in [3.63, 3.8) is 0 Å². The first-order valence-corrected chi connectivity index (χ1v) is 7.76. The zero-order chi connectivity index (χ0) is 19.5. The third-order valence-electron chi connectivity index (χ3n) is 4.10. The molecule has 2 aromatic carbocycles. The number of nitrogens with one attached hydrogen (secondary N) is 2. The van der Waals surface area contributed by atoms with E-state index in [9.17, 15) is 26.3 Å². The van der Waals surface area contributed by atoms with Gasteiger partial charge in [0.05, 0.1) is 23.2 Å². The van der Waals surface area contributed by atoms with Crippen molar-refractivity contribution in [3.05, 3.63) is 70.8 Å². The number of halogens is 6. The minimum Gasteiger partial charge on any atom is -0.311 e. The van der Waals surface area contributed by atoms with E-state index in [2.05, 4.69) is 10.6 Å². The van der Waals surface area contributed by atoms with Gasteiger partial charge in [-0.2, -0.15) is 26.3 Å². The molecule has 0 fully saturated rings. The van der Waals surface area contributed by atoms with E-state index in [1.807, 2.05) is 0 Å². The van der Waals surface area contributed by atoms with Gasteiger partial charge in [-0.25, -0.2) is 0 Å². The number of rotatable bonds is 5. The van der Waals surface area contributed by atoms with Crippen molar-refractivity contribution in [2.75, 3.05) is 14.1 Å². The molecule has 8 heteroatoms. The zero-order valence-corrected chi connectivity index (χ0v) is 14.0. The van der Waals surface area contributed by atoms with Crippen LogP contribution in [0.25, 0.3) is 0 Å². The Labute approximate surface area is 147 Å². The first kappa shape index (κ1) is 20.3. The van der Waals surface area contributed by atoms with Crippen LogP contribution in [0.4, 0.5) is 26.3 Å². The molecule has 2 rings (SSSR count). The van der Waals surface area contributed by atoms with Crippen LogP contribution in [0.15, 0.2) is 48.5 Å². The summed E-state index contributed by atoms with van der Waals surface area (Å²) in [4.78, 5) is 0. The van der Waals surface area contributed by atoms with Gasteiger partial charge >= 0.3 is 12.4 Å². The van der Waals surface area contributed by atoms with Crippen LogP contribution >= 0.6 is 0 Å². The lowest BCUT2D eigenvalue weighted by Crippen LogP contribution is -2.32. The predicted molar refractivity (Wildman–Crippen MR) is 86.5 cm³/mol. The summed E-state index contributed by atoms with van der Waals surface area (Å²) in [5, 5.41) is 5.79. The molecule has 0 unspecified atom stereocenters. The molecule has 0 radical (unpaired) electrons. The van der Waals surface area contributed by atoms with Crippen molar-refractivity contribution >= 4 is 0 Å². The second-order valence-corrected chi connectivity index (χ2v) is 5.78. The molecule has 0 heterocycles. The van der Waals surface area contributed by atoms with Crippen molar-refractivity contribution < 1.29 is 26.3 Å². The molecular weight excluding hydrogens is 358 g/mol. The Morgan fingerprint density at radius 1 is 0.654 bits per heavy atom. The highest BCUT2D eigenvalue weighted by atomic mass is 19.4. The average molecular weight is 376 g/mol. The number of alkyl halides is 6. The van der Waals surface area contributed by atoms with Gasteiger partial charge in [0, 0.05) is 0 Å². The fraction of sp³-hybridized carbons (Fsp3) is 0.333. The summed E-state index contributed by atoms with van der Waals surface area (Å²) < 4.78 is 77.8. The van der Waals surface area contributed by atoms with Crippen LogP contribution in [0.2, 0.25) is 0 Å². The lowest BCUT2D eigenvalue weighted by molar-refractivity contribution is -0.138. The largest absolute Gasteiger partial charge is 0.416 e. The highest BCUT2D eigenvalue weighted by Crippen LogP contribution is 2.36. The van der Waals surface area contributed by atoms with E-state index in [1.165, 1.54) is 24.3 Å². The van der Waals surface area contributed by atoms with E-state index >= 15 is 0 Å². The third-order valence-corrected chi connectivity index (χ3v) is 4.10. The van der Waals surface area contributed by atoms with E-state index in [0.29, 0.717) is 11.1 Å². The summed E-state index contributed by atoms with van der Waals surface area (Å²) in [7, 11) is 3.09. The van der Waals surface area contributed by atoms with Crippen molar-refractivity contribution in [1.29, 1.82) is 0 Å². The Hall–Kier alpha value is -2.06. The Kier molecular flexibility index (Phi) is 5.98. The Morgan fingerprint density at radius 3 is 1.27 bits per heavy atom. The minimum absolute atomic E-state index is 0.319. The number of benzene rings is 2. The van der Waals surface area contributed by atoms with Gasteiger partial charge < -0.3 is 10.6 Å². The van der Waals surface area contributed by atoms with Crippen molar-refractivity contribution in [2.45, 2.75) is 24.4 Å². The maximum atomic E-state index is 13.0. The van der Waals surface area contributed by atoms with Crippen LogP contribution in [-0.4, -0.2) is 14.1 Å². The second kappa shape index (κ2) is 7.67. The lowest BCUT2D eigenvalue weighted by atomic mass is 9.91. The maximum absolute atomic E-state index is 13.0. The predicted octanol–water partition coefficient (Wildman–Crippen LogP) is 4.95. The highest BCUT2D eigenvalue weighted by Gasteiger charge is 2.33. The van der Waals surface area contributed by atoms with Gasteiger partial charge in [-0.3, -0.25) is 0 Å². The van der Waals surface area contributed by atoms with Crippen LogP contribution in [0.3, 0.4) is 0 Å². The maximum Gasteiger partial charge on any atom is 0.416 e. The topological polar surface area (TPSA) is 24.1 Å². The van der Waals surface area contributed by atoms with Gasteiger partial charge in [0.2, 0.25) is 0 Å². The van der Waals surface area contributed by atoms with Crippen molar-refractivity contribution in [1.82, 2.24) is 10.6 Å². The summed E-state index contributed by atoms with van der Waals surface area (Å²) >= 11 is 0. The summed E-state index contributed by atoms with van der Waals surface area (Å²) in [5.41, 5.74) is -0.985. The van der Waals surface area contributed by atoms with Crippen molar-refractivity contribution in [3.8, 4) is 0 Å². The Morgan fingerprint density at radius 2 is 1.00 bits per heavy atom. The monoisotopic (exact) mass is 376 g/mol. The smallest absolute Gasteiger partial charge is 0.311 e. The van der Waals surface area contributed by atoms with E-state index in [4.69, 9.17) is 0 Å². The molecule has 0 spiro atoms. The first-order chi connectivity index (χ1) is 12.1. The number of hydrogen-bond donors (Lipinski definition) is 2. The highest BCUT2D eigenvalue weighted by molar-refractivity contribution is 5.34. The van der Waals surface area contributed by atoms with Crippen LogP contribution < -0.4 is 10.6 Å². The molecule has 0 saturated carbocycles. The second-order valence-electron chi connectivity index (χ2n) is 5.78. The summed E-state index contributed by atoms with van der Waals surface area (Å²) in [6, 6.07) is 8.16. The molecule has 0 aromatic heterocycles. The normalized spacial score (nSPS) is 14.9. The summed E-state index contributed by atoms with van der Waals surface area (Å²) in [6.45, 7) is 0. The fourth-order valence-corrected chi connectivity index (χ4v) is 2.87. The van der Waals surface area contributed by atoms with Crippen LogP contribution in [0.5, 0.6) is 0 Å². The molecule has 2 N–H and O–H groups in total. The standard InChI is InChI=1S/C18H18F6N2/c1-25-15(11-5-3-7-13(9-11)17(19,20)21)16(26-2)12-6-4-8-14(10-12)18(22,23)24/h3-10,15-16,25-26H,1-2H3/t15-,16+. The molecular formula is C18H18F6N2.